The second-order valence-corrected chi connectivity index (χ2v) is 7.00. The van der Waals surface area contributed by atoms with Gasteiger partial charge in [0.2, 0.25) is 11.8 Å². The molecule has 3 rings (SSSR count). The Bertz CT molecular complexity index is 996. The first kappa shape index (κ1) is 21.2. The predicted molar refractivity (Wildman–Crippen MR) is 113 cm³/mol. The number of carbonyl (C=O) groups is 2. The van der Waals surface area contributed by atoms with Crippen molar-refractivity contribution in [3.8, 4) is 22.9 Å². The van der Waals surface area contributed by atoms with Crippen LogP contribution < -0.4 is 5.32 Å². The lowest BCUT2D eigenvalue weighted by molar-refractivity contribution is -0.140. The summed E-state index contributed by atoms with van der Waals surface area (Å²) >= 11 is 0. The number of esters is 1. The standard InChI is InChI=1S/C23H25N3O4/c1-16-7-6-8-19(15-16)23-26-25-22(30-23)18-12-10-17(11-13-18)21(28)24-14-5-3-4-9-20(27)29-2/h6-8,10-13,15H,3-5,9,14H2,1-2H3,(H,24,28). The number of ether oxygens (including phenoxy) is 1. The lowest BCUT2D eigenvalue weighted by Gasteiger charge is -2.05. The van der Waals surface area contributed by atoms with E-state index in [2.05, 4.69) is 20.3 Å². The zero-order chi connectivity index (χ0) is 21.3. The van der Waals surface area contributed by atoms with E-state index in [0.29, 0.717) is 30.3 Å². The number of aryl methyl sites for hydroxylation is 1. The summed E-state index contributed by atoms with van der Waals surface area (Å²) in [6.45, 7) is 2.57. The van der Waals surface area contributed by atoms with Crippen LogP contribution in [0, 0.1) is 6.92 Å². The van der Waals surface area contributed by atoms with E-state index in [9.17, 15) is 9.59 Å². The van der Waals surface area contributed by atoms with Crippen LogP contribution in [0.5, 0.6) is 0 Å². The Balaban J connectivity index is 1.51. The van der Waals surface area contributed by atoms with Gasteiger partial charge in [-0.05, 0) is 56.2 Å². The van der Waals surface area contributed by atoms with Crippen LogP contribution in [0.3, 0.4) is 0 Å². The number of amides is 1. The summed E-state index contributed by atoms with van der Waals surface area (Å²) in [4.78, 5) is 23.3. The number of nitrogens with one attached hydrogen (secondary N) is 1. The molecule has 2 aromatic carbocycles. The number of hydrogen-bond donors (Lipinski definition) is 1. The van der Waals surface area contributed by atoms with Crippen molar-refractivity contribution in [3.63, 3.8) is 0 Å². The number of methoxy groups -OCH3 is 1. The highest BCUT2D eigenvalue weighted by Crippen LogP contribution is 2.24. The third-order valence-corrected chi connectivity index (χ3v) is 4.65. The highest BCUT2D eigenvalue weighted by molar-refractivity contribution is 5.94. The minimum Gasteiger partial charge on any atom is -0.469 e. The van der Waals surface area contributed by atoms with Crippen LogP contribution in [-0.2, 0) is 9.53 Å². The molecule has 0 aliphatic rings. The van der Waals surface area contributed by atoms with Crippen LogP contribution >= 0.6 is 0 Å². The van der Waals surface area contributed by atoms with Crippen molar-refractivity contribution < 1.29 is 18.7 Å². The molecule has 1 amide bonds. The number of hydrogen-bond acceptors (Lipinski definition) is 6. The molecule has 30 heavy (non-hydrogen) atoms. The van der Waals surface area contributed by atoms with E-state index in [-0.39, 0.29) is 11.9 Å². The van der Waals surface area contributed by atoms with Gasteiger partial charge < -0.3 is 14.5 Å². The summed E-state index contributed by atoms with van der Waals surface area (Å²) in [5.74, 6) is 0.527. The van der Waals surface area contributed by atoms with E-state index in [1.165, 1.54) is 7.11 Å². The smallest absolute Gasteiger partial charge is 0.305 e. The summed E-state index contributed by atoms with van der Waals surface area (Å²) < 4.78 is 10.4. The SMILES string of the molecule is COC(=O)CCCCCNC(=O)c1ccc(-c2nnc(-c3cccc(C)c3)o2)cc1. The van der Waals surface area contributed by atoms with Crippen LogP contribution in [-0.4, -0.2) is 35.7 Å². The van der Waals surface area contributed by atoms with Crippen LogP contribution in [0.15, 0.2) is 52.9 Å². The van der Waals surface area contributed by atoms with E-state index >= 15 is 0 Å². The molecule has 7 heteroatoms. The fraction of sp³-hybridized carbons (Fsp3) is 0.304. The van der Waals surface area contributed by atoms with Gasteiger partial charge in [-0.15, -0.1) is 10.2 Å². The molecule has 0 aliphatic carbocycles. The minimum absolute atomic E-state index is 0.138. The minimum atomic E-state index is -0.202. The monoisotopic (exact) mass is 407 g/mol. The molecule has 0 spiro atoms. The lowest BCUT2D eigenvalue weighted by Crippen LogP contribution is -2.24. The molecule has 1 aromatic heterocycles. The highest BCUT2D eigenvalue weighted by atomic mass is 16.5. The number of aromatic nitrogens is 2. The van der Waals surface area contributed by atoms with E-state index < -0.39 is 0 Å². The molecule has 0 saturated carbocycles. The Labute approximate surface area is 175 Å². The van der Waals surface area contributed by atoms with Crippen molar-refractivity contribution in [2.75, 3.05) is 13.7 Å². The molecule has 1 heterocycles. The van der Waals surface area contributed by atoms with Gasteiger partial charge in [0.05, 0.1) is 7.11 Å². The summed E-state index contributed by atoms with van der Waals surface area (Å²) in [6, 6.07) is 14.9. The predicted octanol–water partition coefficient (Wildman–Crippen LogP) is 4.18. The summed E-state index contributed by atoms with van der Waals surface area (Å²) in [5.41, 5.74) is 3.30. The van der Waals surface area contributed by atoms with Crippen LogP contribution in [0.4, 0.5) is 0 Å². The van der Waals surface area contributed by atoms with Gasteiger partial charge in [0.1, 0.15) is 0 Å². The van der Waals surface area contributed by atoms with Crippen molar-refractivity contribution in [3.05, 3.63) is 59.7 Å². The lowest BCUT2D eigenvalue weighted by atomic mass is 10.1. The van der Waals surface area contributed by atoms with E-state index in [0.717, 1.165) is 36.0 Å². The van der Waals surface area contributed by atoms with Gasteiger partial charge in [-0.3, -0.25) is 9.59 Å². The van der Waals surface area contributed by atoms with Gasteiger partial charge >= 0.3 is 5.97 Å². The fourth-order valence-electron chi connectivity index (χ4n) is 2.98. The average molecular weight is 407 g/mol. The molecular weight excluding hydrogens is 382 g/mol. The zero-order valence-corrected chi connectivity index (χ0v) is 17.2. The molecule has 156 valence electrons. The van der Waals surface area contributed by atoms with Crippen molar-refractivity contribution in [2.45, 2.75) is 32.6 Å². The van der Waals surface area contributed by atoms with Crippen molar-refractivity contribution in [1.29, 1.82) is 0 Å². The molecule has 0 fully saturated rings. The summed E-state index contributed by atoms with van der Waals surface area (Å²) in [7, 11) is 1.38. The second-order valence-electron chi connectivity index (χ2n) is 7.00. The van der Waals surface area contributed by atoms with Crippen molar-refractivity contribution >= 4 is 11.9 Å². The van der Waals surface area contributed by atoms with Crippen molar-refractivity contribution in [2.24, 2.45) is 0 Å². The fourth-order valence-corrected chi connectivity index (χ4v) is 2.98. The summed E-state index contributed by atoms with van der Waals surface area (Å²) in [5, 5.41) is 11.1. The van der Waals surface area contributed by atoms with Gasteiger partial charge in [0.15, 0.2) is 0 Å². The number of unbranched alkanes of at least 4 members (excludes halogenated alkanes) is 2. The van der Waals surface area contributed by atoms with E-state index in [1.54, 1.807) is 24.3 Å². The normalized spacial score (nSPS) is 10.6. The number of benzene rings is 2. The molecule has 1 N–H and O–H groups in total. The average Bonchev–Trinajstić information content (AvgIpc) is 3.26. The zero-order valence-electron chi connectivity index (χ0n) is 17.2. The topological polar surface area (TPSA) is 94.3 Å². The van der Waals surface area contributed by atoms with Gasteiger partial charge in [0.25, 0.3) is 5.91 Å². The number of nitrogens with zero attached hydrogens (tertiary/aromatic N) is 2. The van der Waals surface area contributed by atoms with Gasteiger partial charge in [0, 0.05) is 29.7 Å². The molecule has 0 radical (unpaired) electrons. The Morgan fingerprint density at radius 2 is 1.70 bits per heavy atom. The van der Waals surface area contributed by atoms with Gasteiger partial charge in [-0.1, -0.05) is 24.1 Å². The number of rotatable bonds is 9. The van der Waals surface area contributed by atoms with Crippen LogP contribution in [0.25, 0.3) is 22.9 Å². The molecule has 0 bridgehead atoms. The molecular formula is C23H25N3O4. The third kappa shape index (κ3) is 5.76. The van der Waals surface area contributed by atoms with Crippen LogP contribution in [0.2, 0.25) is 0 Å². The Hall–Kier alpha value is -3.48. The number of carbonyl (C=O) groups excluding carboxylic acids is 2. The summed E-state index contributed by atoms with van der Waals surface area (Å²) in [6.07, 6.45) is 2.83. The molecule has 0 saturated heterocycles. The third-order valence-electron chi connectivity index (χ3n) is 4.65. The van der Waals surface area contributed by atoms with E-state index in [4.69, 9.17) is 4.42 Å². The van der Waals surface area contributed by atoms with Crippen molar-refractivity contribution in [1.82, 2.24) is 15.5 Å². The second kappa shape index (κ2) is 10.3. The molecule has 0 aliphatic heterocycles. The first-order valence-electron chi connectivity index (χ1n) is 9.93. The highest BCUT2D eigenvalue weighted by Gasteiger charge is 2.12. The maximum absolute atomic E-state index is 12.3. The molecule has 0 atom stereocenters. The van der Waals surface area contributed by atoms with Gasteiger partial charge in [-0.25, -0.2) is 0 Å². The maximum Gasteiger partial charge on any atom is 0.305 e. The molecule has 0 unspecified atom stereocenters. The van der Waals surface area contributed by atoms with Gasteiger partial charge in [-0.2, -0.15) is 0 Å². The Morgan fingerprint density at radius 3 is 2.40 bits per heavy atom. The largest absolute Gasteiger partial charge is 0.469 e. The molecule has 7 nitrogen and oxygen atoms in total. The quantitative estimate of drug-likeness (QED) is 0.422. The van der Waals surface area contributed by atoms with Crippen LogP contribution in [0.1, 0.15) is 41.6 Å². The Morgan fingerprint density at radius 1 is 0.967 bits per heavy atom. The van der Waals surface area contributed by atoms with E-state index in [1.807, 2.05) is 31.2 Å². The first-order valence-corrected chi connectivity index (χ1v) is 9.93. The Kier molecular flexibility index (Phi) is 7.32. The first-order chi connectivity index (χ1) is 14.6. The maximum atomic E-state index is 12.3. The molecule has 3 aromatic rings.